The van der Waals surface area contributed by atoms with Gasteiger partial charge in [0, 0.05) is 19.2 Å². The number of rotatable bonds is 7. The molecular formula is C18H21N3O2. The van der Waals surface area contributed by atoms with Crippen molar-refractivity contribution >= 4 is 12.4 Å². The molecule has 120 valence electrons. The smallest absolute Gasteiger partial charge is 0.115 e. The van der Waals surface area contributed by atoms with E-state index < -0.39 is 0 Å². The van der Waals surface area contributed by atoms with Gasteiger partial charge in [0.05, 0.1) is 11.4 Å². The highest BCUT2D eigenvalue weighted by atomic mass is 16.6. The average Bonchev–Trinajstić information content (AvgIpc) is 2.55. The van der Waals surface area contributed by atoms with E-state index in [1.807, 2.05) is 54.4 Å². The molecule has 3 N–H and O–H groups in total. The molecule has 23 heavy (non-hydrogen) atoms. The lowest BCUT2D eigenvalue weighted by Crippen LogP contribution is -2.23. The summed E-state index contributed by atoms with van der Waals surface area (Å²) in [7, 11) is 1.92. The van der Waals surface area contributed by atoms with Crippen molar-refractivity contribution < 1.29 is 9.94 Å². The second kappa shape index (κ2) is 8.12. The Kier molecular flexibility index (Phi) is 5.91. The predicted octanol–water partition coefficient (Wildman–Crippen LogP) is 2.78. The number of nitrogens with zero attached hydrogens (tertiary/aromatic N) is 2. The minimum absolute atomic E-state index is 0.207. The summed E-state index contributed by atoms with van der Waals surface area (Å²) >= 11 is 0. The second-order valence-corrected chi connectivity index (χ2v) is 5.16. The third-order valence-electron chi connectivity index (χ3n) is 3.49. The van der Waals surface area contributed by atoms with Crippen molar-refractivity contribution in [3.63, 3.8) is 0 Å². The first-order valence-corrected chi connectivity index (χ1v) is 7.21. The Morgan fingerprint density at radius 1 is 1.22 bits per heavy atom. The summed E-state index contributed by atoms with van der Waals surface area (Å²) in [5.74, 6) is 5.53. The SMILES string of the molecule is C=N/C(=C(/CON)N(C)Cc1cccc(O)c1)c1ccccc1. The van der Waals surface area contributed by atoms with Crippen molar-refractivity contribution in [2.75, 3.05) is 13.7 Å². The van der Waals surface area contributed by atoms with Crippen molar-refractivity contribution in [1.82, 2.24) is 4.90 Å². The highest BCUT2D eigenvalue weighted by Gasteiger charge is 2.13. The van der Waals surface area contributed by atoms with Crippen LogP contribution >= 0.6 is 0 Å². The molecule has 0 amide bonds. The Hall–Kier alpha value is -2.63. The third kappa shape index (κ3) is 4.42. The van der Waals surface area contributed by atoms with Crippen molar-refractivity contribution in [3.8, 4) is 5.75 Å². The lowest BCUT2D eigenvalue weighted by molar-refractivity contribution is 0.141. The number of hydrogen-bond acceptors (Lipinski definition) is 5. The molecule has 0 aliphatic carbocycles. The highest BCUT2D eigenvalue weighted by molar-refractivity contribution is 5.70. The second-order valence-electron chi connectivity index (χ2n) is 5.16. The number of phenols is 1. The zero-order valence-electron chi connectivity index (χ0n) is 13.1. The van der Waals surface area contributed by atoms with E-state index in [0.29, 0.717) is 6.54 Å². The maximum Gasteiger partial charge on any atom is 0.115 e. The van der Waals surface area contributed by atoms with Crippen molar-refractivity contribution in [3.05, 3.63) is 71.4 Å². The zero-order valence-corrected chi connectivity index (χ0v) is 13.1. The molecule has 0 fully saturated rings. The van der Waals surface area contributed by atoms with E-state index in [-0.39, 0.29) is 12.4 Å². The van der Waals surface area contributed by atoms with Crippen molar-refractivity contribution in [2.24, 2.45) is 10.9 Å². The molecule has 0 radical (unpaired) electrons. The Labute approximate surface area is 136 Å². The Morgan fingerprint density at radius 3 is 2.57 bits per heavy atom. The Balaban J connectivity index is 2.35. The summed E-state index contributed by atoms with van der Waals surface area (Å²) in [6.45, 7) is 4.46. The van der Waals surface area contributed by atoms with Gasteiger partial charge in [-0.3, -0.25) is 9.83 Å². The predicted molar refractivity (Wildman–Crippen MR) is 92.6 cm³/mol. The van der Waals surface area contributed by atoms with E-state index in [1.165, 1.54) is 0 Å². The number of aliphatic imine (C=N–C) groups is 1. The first kappa shape index (κ1) is 16.7. The number of hydrogen-bond donors (Lipinski definition) is 2. The summed E-state index contributed by atoms with van der Waals surface area (Å²) in [6, 6.07) is 16.9. The molecule has 0 saturated heterocycles. The number of phenolic OH excluding ortho intramolecular Hbond substituents is 1. The van der Waals surface area contributed by atoms with Crippen LogP contribution in [-0.4, -0.2) is 30.4 Å². The van der Waals surface area contributed by atoms with Gasteiger partial charge in [0.15, 0.2) is 0 Å². The van der Waals surface area contributed by atoms with Gasteiger partial charge in [-0.05, 0) is 24.4 Å². The van der Waals surface area contributed by atoms with Gasteiger partial charge in [-0.25, -0.2) is 5.90 Å². The van der Waals surface area contributed by atoms with E-state index in [2.05, 4.69) is 11.7 Å². The zero-order chi connectivity index (χ0) is 16.7. The fourth-order valence-corrected chi connectivity index (χ4v) is 2.41. The highest BCUT2D eigenvalue weighted by Crippen LogP contribution is 2.23. The fourth-order valence-electron chi connectivity index (χ4n) is 2.41. The molecule has 2 rings (SSSR count). The third-order valence-corrected chi connectivity index (χ3v) is 3.49. The normalized spacial score (nSPS) is 11.7. The molecule has 0 aromatic heterocycles. The molecular weight excluding hydrogens is 290 g/mol. The number of likely N-dealkylation sites (N-methyl/N-ethyl adjacent to an activating group) is 1. The molecule has 0 heterocycles. The largest absolute Gasteiger partial charge is 0.508 e. The van der Waals surface area contributed by atoms with Gasteiger partial charge in [0.2, 0.25) is 0 Å². The standard InChI is InChI=1S/C18H21N3O2/c1-20-18(15-8-4-3-5-9-15)17(13-23-19)21(2)12-14-7-6-10-16(22)11-14/h3-11,22H,1,12-13,19H2,2H3/b18-17-. The number of benzene rings is 2. The lowest BCUT2D eigenvalue weighted by Gasteiger charge is -2.24. The molecule has 0 spiro atoms. The van der Waals surface area contributed by atoms with Gasteiger partial charge in [-0.15, -0.1) is 0 Å². The molecule has 0 aliphatic rings. The van der Waals surface area contributed by atoms with E-state index in [1.54, 1.807) is 12.1 Å². The van der Waals surface area contributed by atoms with Crippen LogP contribution in [0.3, 0.4) is 0 Å². The van der Waals surface area contributed by atoms with Crippen LogP contribution in [-0.2, 0) is 11.4 Å². The maximum absolute atomic E-state index is 9.60. The molecule has 0 aliphatic heterocycles. The molecule has 5 nitrogen and oxygen atoms in total. The maximum atomic E-state index is 9.60. The summed E-state index contributed by atoms with van der Waals surface area (Å²) < 4.78 is 0. The van der Waals surface area contributed by atoms with Crippen LogP contribution in [0.25, 0.3) is 5.70 Å². The van der Waals surface area contributed by atoms with Crippen molar-refractivity contribution in [2.45, 2.75) is 6.54 Å². The topological polar surface area (TPSA) is 71.1 Å². The van der Waals surface area contributed by atoms with Crippen LogP contribution in [0.15, 0.2) is 65.3 Å². The molecule has 0 bridgehead atoms. The lowest BCUT2D eigenvalue weighted by atomic mass is 10.1. The summed E-state index contributed by atoms with van der Waals surface area (Å²) in [4.78, 5) is 11.0. The van der Waals surface area contributed by atoms with Crippen LogP contribution in [0.4, 0.5) is 0 Å². The summed E-state index contributed by atoms with van der Waals surface area (Å²) in [5.41, 5.74) is 3.45. The Bertz CT molecular complexity index is 684. The molecule has 2 aromatic rings. The summed E-state index contributed by atoms with van der Waals surface area (Å²) in [5, 5.41) is 9.60. The molecule has 5 heteroatoms. The first-order valence-electron chi connectivity index (χ1n) is 7.21. The van der Waals surface area contributed by atoms with Crippen LogP contribution in [0, 0.1) is 0 Å². The van der Waals surface area contributed by atoms with Gasteiger partial charge < -0.3 is 10.0 Å². The number of aromatic hydroxyl groups is 1. The monoisotopic (exact) mass is 311 g/mol. The van der Waals surface area contributed by atoms with Gasteiger partial charge in [-0.2, -0.15) is 0 Å². The van der Waals surface area contributed by atoms with Crippen LogP contribution < -0.4 is 5.90 Å². The van der Waals surface area contributed by atoms with Crippen LogP contribution in [0.1, 0.15) is 11.1 Å². The number of nitrogens with two attached hydrogens (primary N) is 1. The van der Waals surface area contributed by atoms with Gasteiger partial charge in [0.25, 0.3) is 0 Å². The summed E-state index contributed by atoms with van der Waals surface area (Å²) in [6.07, 6.45) is 0. The van der Waals surface area contributed by atoms with E-state index in [0.717, 1.165) is 22.5 Å². The average molecular weight is 311 g/mol. The van der Waals surface area contributed by atoms with E-state index in [9.17, 15) is 5.11 Å². The van der Waals surface area contributed by atoms with Gasteiger partial charge >= 0.3 is 0 Å². The van der Waals surface area contributed by atoms with Gasteiger partial charge in [-0.1, -0.05) is 42.5 Å². The molecule has 0 unspecified atom stereocenters. The Morgan fingerprint density at radius 2 is 1.96 bits per heavy atom. The minimum Gasteiger partial charge on any atom is -0.508 e. The van der Waals surface area contributed by atoms with Crippen LogP contribution in [0.2, 0.25) is 0 Å². The van der Waals surface area contributed by atoms with Crippen molar-refractivity contribution in [1.29, 1.82) is 0 Å². The van der Waals surface area contributed by atoms with Crippen LogP contribution in [0.5, 0.6) is 5.75 Å². The first-order chi connectivity index (χ1) is 11.2. The molecule has 0 saturated carbocycles. The minimum atomic E-state index is 0.207. The molecule has 0 atom stereocenters. The molecule has 2 aromatic carbocycles. The van der Waals surface area contributed by atoms with Gasteiger partial charge in [0.1, 0.15) is 12.4 Å². The van der Waals surface area contributed by atoms with E-state index >= 15 is 0 Å². The quantitative estimate of drug-likeness (QED) is 0.609. The van der Waals surface area contributed by atoms with E-state index in [4.69, 9.17) is 10.7 Å². The fraction of sp³-hybridized carbons (Fsp3) is 0.167.